The van der Waals surface area contributed by atoms with Crippen molar-refractivity contribution < 1.29 is 63.3 Å². The Balaban J connectivity index is 1.85. The van der Waals surface area contributed by atoms with Crippen LogP contribution >= 0.6 is 12.2 Å². The van der Waals surface area contributed by atoms with Crippen LogP contribution in [0.4, 0.5) is 10.5 Å². The second-order valence-electron chi connectivity index (χ2n) is 17.0. The summed E-state index contributed by atoms with van der Waals surface area (Å²) in [5.74, 6) is -7.02. The van der Waals surface area contributed by atoms with E-state index in [4.69, 9.17) is 40.3 Å². The number of nitrogens with two attached hydrogens (primary N) is 4. The number of likely N-dealkylation sites (N-methyl/N-ethyl adjacent to an activating group) is 1. The van der Waals surface area contributed by atoms with Gasteiger partial charge < -0.3 is 69.7 Å². The molecule has 1 fully saturated rings. The number of amides is 8. The molecule has 27 nitrogen and oxygen atoms in total. The predicted octanol–water partition coefficient (Wildman–Crippen LogP) is -4.36. The van der Waals surface area contributed by atoms with Crippen molar-refractivity contribution >= 4 is 82.4 Å². The molecule has 3 atom stereocenters. The van der Waals surface area contributed by atoms with E-state index in [1.807, 2.05) is 43.9 Å². The Hall–Kier alpha value is -6.75. The average Bonchev–Trinajstić information content (AvgIpc) is 3.27. The molecule has 0 saturated carbocycles. The molecule has 8 amide bonds. The fourth-order valence-corrected chi connectivity index (χ4v) is 7.74. The fraction of sp³-hybridized carbons (Fsp3) is 0.605. The van der Waals surface area contributed by atoms with Gasteiger partial charge in [-0.05, 0) is 62.0 Å². The molecule has 0 aliphatic carbocycles. The zero-order valence-corrected chi connectivity index (χ0v) is 40.8. The molecule has 1 aromatic rings. The van der Waals surface area contributed by atoms with Crippen LogP contribution in [0.2, 0.25) is 0 Å². The number of carbonyl (C=O) groups is 10. The molecule has 28 heteroatoms. The molecule has 0 radical (unpaired) electrons. The fourth-order valence-electron chi connectivity index (χ4n) is 7.52. The van der Waals surface area contributed by atoms with E-state index in [1.165, 1.54) is 0 Å². The van der Waals surface area contributed by atoms with Gasteiger partial charge in [-0.1, -0.05) is 12.1 Å². The Morgan fingerprint density at radius 3 is 1.68 bits per heavy atom. The number of hydrogen-bond acceptors (Lipinski definition) is 15. The summed E-state index contributed by atoms with van der Waals surface area (Å²) in [5.41, 5.74) is 23.9. The van der Waals surface area contributed by atoms with Crippen molar-refractivity contribution in [2.75, 3.05) is 104 Å². The summed E-state index contributed by atoms with van der Waals surface area (Å²) in [4.78, 5) is 128. The number of carboxylic acids is 3. The number of primary amides is 4. The van der Waals surface area contributed by atoms with Crippen LogP contribution in [-0.2, 0) is 49.6 Å². The molecule has 3 unspecified atom stereocenters. The summed E-state index contributed by atoms with van der Waals surface area (Å²) in [6.45, 7) is 2.83. The lowest BCUT2D eigenvalue weighted by Crippen LogP contribution is -2.54. The van der Waals surface area contributed by atoms with Gasteiger partial charge in [0.25, 0.3) is 0 Å². The zero-order valence-electron chi connectivity index (χ0n) is 40.0. The molecule has 1 heterocycles. The summed E-state index contributed by atoms with van der Waals surface area (Å²) in [6, 6.07) is 3.17. The monoisotopic (exact) mass is 1020 g/mol. The Kier molecular flexibility index (Phi) is 27.4. The summed E-state index contributed by atoms with van der Waals surface area (Å²) < 4.78 is 0. The van der Waals surface area contributed by atoms with Gasteiger partial charge in [0, 0.05) is 103 Å². The van der Waals surface area contributed by atoms with Crippen molar-refractivity contribution in [3.8, 4) is 0 Å². The number of hydrogen-bond donors (Lipinski definition) is 12. The maximum atomic E-state index is 12.5. The number of unbranched alkanes of at least 4 members (excludes halogenated alkanes) is 1. The van der Waals surface area contributed by atoms with E-state index in [0.29, 0.717) is 64.3 Å². The minimum atomic E-state index is -1.48. The lowest BCUT2D eigenvalue weighted by atomic mass is 10.0. The maximum absolute atomic E-state index is 12.5. The van der Waals surface area contributed by atoms with Crippen molar-refractivity contribution in [3.63, 3.8) is 0 Å². The van der Waals surface area contributed by atoms with E-state index in [-0.39, 0.29) is 95.0 Å². The highest BCUT2D eigenvalue weighted by atomic mass is 32.1. The molecule has 0 spiro atoms. The molecule has 1 saturated heterocycles. The van der Waals surface area contributed by atoms with Crippen LogP contribution in [0.25, 0.3) is 0 Å². The third kappa shape index (κ3) is 26.2. The van der Waals surface area contributed by atoms with E-state index in [2.05, 4.69) is 26.6 Å². The first-order chi connectivity index (χ1) is 33.5. The number of rotatable bonds is 29. The maximum Gasteiger partial charge on any atom is 0.326 e. The molecule has 1 aliphatic rings. The largest absolute Gasteiger partial charge is 0.481 e. The van der Waals surface area contributed by atoms with Gasteiger partial charge in [0.05, 0.1) is 26.2 Å². The second kappa shape index (κ2) is 32.2. The molecular formula is C43H70N14O13S. The van der Waals surface area contributed by atoms with Crippen LogP contribution in [0.1, 0.15) is 50.5 Å². The molecule has 2 rings (SSSR count). The first kappa shape index (κ1) is 60.4. The third-order valence-corrected chi connectivity index (χ3v) is 11.4. The normalized spacial score (nSPS) is 16.1. The van der Waals surface area contributed by atoms with Crippen LogP contribution in [0, 0.1) is 0 Å². The summed E-state index contributed by atoms with van der Waals surface area (Å²) >= 11 is 5.43. The van der Waals surface area contributed by atoms with Crippen LogP contribution in [0.3, 0.4) is 0 Å². The minimum Gasteiger partial charge on any atom is -0.481 e. The quantitative estimate of drug-likeness (QED) is 0.0266. The Morgan fingerprint density at radius 2 is 1.15 bits per heavy atom. The smallest absolute Gasteiger partial charge is 0.326 e. The zero-order chi connectivity index (χ0) is 53.0. The van der Waals surface area contributed by atoms with Crippen molar-refractivity contribution in [2.24, 2.45) is 22.9 Å². The first-order valence-electron chi connectivity index (χ1n) is 22.9. The molecule has 0 aromatic heterocycles. The van der Waals surface area contributed by atoms with Crippen molar-refractivity contribution in [1.82, 2.24) is 45.8 Å². The number of nitrogens with zero attached hydrogens (tertiary/aromatic N) is 5. The number of benzene rings is 1. The predicted molar refractivity (Wildman–Crippen MR) is 261 cm³/mol. The van der Waals surface area contributed by atoms with E-state index in [0.717, 1.165) is 17.5 Å². The SMILES string of the molecule is CN(C(=O)NC(CCCCNC(=O)CCC(=O)NCCNC(=S)Nc1ccc(CC2CN(CC(N)=O)CCN(CC(N)=O)CCN(CC(N)=O)CCN2CC(N)=O)cc1)C(=O)O)C(CCC(=O)O)C(=O)O. The van der Waals surface area contributed by atoms with Gasteiger partial charge >= 0.3 is 23.9 Å². The molecule has 71 heavy (non-hydrogen) atoms. The van der Waals surface area contributed by atoms with Crippen LogP contribution in [-0.4, -0.2) is 221 Å². The van der Waals surface area contributed by atoms with Crippen molar-refractivity contribution in [1.29, 1.82) is 0 Å². The number of carboxylic acid groups (broad SMARTS) is 3. The highest BCUT2D eigenvalue weighted by Gasteiger charge is 2.30. The first-order valence-corrected chi connectivity index (χ1v) is 23.4. The second-order valence-corrected chi connectivity index (χ2v) is 17.4. The molecule has 0 bridgehead atoms. The van der Waals surface area contributed by atoms with Crippen molar-refractivity contribution in [3.05, 3.63) is 29.8 Å². The average molecular weight is 1020 g/mol. The minimum absolute atomic E-state index is 0.0325. The van der Waals surface area contributed by atoms with E-state index >= 15 is 0 Å². The molecule has 396 valence electrons. The number of aliphatic carboxylic acids is 3. The standard InChI is InChI=1S/C43H70N14O13S/c1-53(32(41(68)69)9-12-39(64)65)43(70)52-31(40(66)67)4-2-3-13-48-37(62)10-11-38(63)49-14-15-50-42(71)51-29-7-5-28(6-8-29)22-30-23-56(26-35(46)60)19-18-54(24-33(44)58)16-17-55(25-34(45)59)20-21-57(30)27-36(47)61/h5-8,30-32H,2-4,9-27H2,1H3,(H2,44,58)(H2,45,59)(H2,46,60)(H2,47,61)(H,48,62)(H,49,63)(H,52,70)(H,64,65)(H,66,67)(H,68,69)(H2,50,51,71). The van der Waals surface area contributed by atoms with Crippen LogP contribution in [0.5, 0.6) is 0 Å². The Morgan fingerprint density at radius 1 is 0.648 bits per heavy atom. The lowest BCUT2D eigenvalue weighted by Gasteiger charge is -2.38. The number of thiocarbonyl (C=S) groups is 1. The van der Waals surface area contributed by atoms with Gasteiger partial charge in [0.2, 0.25) is 35.4 Å². The Labute approximate surface area is 416 Å². The van der Waals surface area contributed by atoms with Crippen molar-refractivity contribution in [2.45, 2.75) is 69.5 Å². The molecule has 1 aliphatic heterocycles. The van der Waals surface area contributed by atoms with Gasteiger partial charge in [-0.15, -0.1) is 0 Å². The van der Waals surface area contributed by atoms with E-state index in [1.54, 1.807) is 0 Å². The number of anilines is 1. The lowest BCUT2D eigenvalue weighted by molar-refractivity contribution is -0.143. The summed E-state index contributed by atoms with van der Waals surface area (Å²) in [6.07, 6.45) is -0.0952. The Bertz CT molecular complexity index is 2000. The van der Waals surface area contributed by atoms with E-state index in [9.17, 15) is 58.2 Å². The number of urea groups is 1. The van der Waals surface area contributed by atoms with Gasteiger partial charge in [0.15, 0.2) is 5.11 Å². The number of nitrogens with one attached hydrogen (secondary N) is 5. The molecular weight excluding hydrogens is 953 g/mol. The highest BCUT2D eigenvalue weighted by molar-refractivity contribution is 7.80. The highest BCUT2D eigenvalue weighted by Crippen LogP contribution is 2.16. The van der Waals surface area contributed by atoms with Gasteiger partial charge in [-0.25, -0.2) is 14.4 Å². The number of carbonyl (C=O) groups excluding carboxylic acids is 7. The third-order valence-electron chi connectivity index (χ3n) is 11.2. The van der Waals surface area contributed by atoms with Crippen LogP contribution < -0.4 is 49.5 Å². The molecule has 1 aromatic carbocycles. The van der Waals surface area contributed by atoms with Gasteiger partial charge in [-0.3, -0.25) is 53.2 Å². The van der Waals surface area contributed by atoms with Crippen LogP contribution in [0.15, 0.2) is 24.3 Å². The summed E-state index contributed by atoms with van der Waals surface area (Å²) in [5, 5.41) is 41.7. The molecule has 16 N–H and O–H groups in total. The van der Waals surface area contributed by atoms with E-state index < -0.39 is 72.0 Å². The topological polar surface area (TPSA) is 412 Å². The summed E-state index contributed by atoms with van der Waals surface area (Å²) in [7, 11) is 1.12. The van der Waals surface area contributed by atoms with Gasteiger partial charge in [-0.2, -0.15) is 0 Å². The van der Waals surface area contributed by atoms with Gasteiger partial charge in [0.1, 0.15) is 12.1 Å².